The van der Waals surface area contributed by atoms with E-state index in [-0.39, 0.29) is 23.8 Å². The minimum atomic E-state index is -0.539. The number of hydrogen-bond donors (Lipinski definition) is 2. The Morgan fingerprint density at radius 3 is 2.36 bits per heavy atom. The summed E-state index contributed by atoms with van der Waals surface area (Å²) in [4.78, 5) is 26.3. The van der Waals surface area contributed by atoms with Crippen molar-refractivity contribution in [1.82, 2.24) is 15.5 Å². The molecule has 0 unspecified atom stereocenters. The molecule has 2 amide bonds. The molecule has 0 saturated heterocycles. The molecule has 1 aromatic rings. The molecule has 0 bridgehead atoms. The van der Waals surface area contributed by atoms with E-state index in [9.17, 15) is 9.59 Å². The van der Waals surface area contributed by atoms with Gasteiger partial charge < -0.3 is 20.3 Å². The Hall–Kier alpha value is -1.92. The lowest BCUT2D eigenvalue weighted by Crippen LogP contribution is -2.54. The van der Waals surface area contributed by atoms with Gasteiger partial charge in [0.15, 0.2) is 0 Å². The number of rotatable bonds is 10. The summed E-state index contributed by atoms with van der Waals surface area (Å²) in [5.74, 6) is -0.272. The van der Waals surface area contributed by atoms with Crippen molar-refractivity contribution in [2.24, 2.45) is 5.92 Å². The van der Waals surface area contributed by atoms with Gasteiger partial charge in [-0.05, 0) is 25.5 Å². The van der Waals surface area contributed by atoms with Crippen molar-refractivity contribution in [1.29, 1.82) is 0 Å². The van der Waals surface area contributed by atoms with Gasteiger partial charge in [0.05, 0.1) is 19.3 Å². The second kappa shape index (κ2) is 10.8. The molecule has 2 N–H and O–H groups in total. The maximum atomic E-state index is 12.6. The van der Waals surface area contributed by atoms with Gasteiger partial charge in [0.1, 0.15) is 6.04 Å². The van der Waals surface area contributed by atoms with Gasteiger partial charge in [0.25, 0.3) is 0 Å². The second-order valence-corrected chi connectivity index (χ2v) is 6.54. The van der Waals surface area contributed by atoms with Gasteiger partial charge in [-0.1, -0.05) is 44.2 Å². The lowest BCUT2D eigenvalue weighted by atomic mass is 10.0. The average Bonchev–Trinajstić information content (AvgIpc) is 2.62. The van der Waals surface area contributed by atoms with E-state index in [1.165, 1.54) is 0 Å². The summed E-state index contributed by atoms with van der Waals surface area (Å²) in [6.07, 6.45) is 0. The van der Waals surface area contributed by atoms with Gasteiger partial charge in [-0.25, -0.2) is 0 Å². The molecule has 0 spiro atoms. The number of ether oxygens (including phenoxy) is 1. The number of amides is 2. The Bertz CT molecular complexity index is 534. The van der Waals surface area contributed by atoms with Gasteiger partial charge in [-0.15, -0.1) is 0 Å². The van der Waals surface area contributed by atoms with E-state index in [1.807, 2.05) is 44.2 Å². The number of carbonyl (C=O) groups is 2. The van der Waals surface area contributed by atoms with Crippen LogP contribution in [-0.2, 0) is 20.9 Å². The molecule has 0 aliphatic carbocycles. The monoisotopic (exact) mass is 349 g/mol. The normalized spacial score (nSPS) is 13.4. The molecule has 6 nitrogen and oxygen atoms in total. The summed E-state index contributed by atoms with van der Waals surface area (Å²) >= 11 is 0. The Morgan fingerprint density at radius 1 is 1.16 bits per heavy atom. The van der Waals surface area contributed by atoms with E-state index in [0.29, 0.717) is 19.8 Å². The standard InChI is InChI=1S/C19H31N3O3/c1-14(2)17(21-18(23)15(3)20-4)19(24)22(5)11-12-25-13-16-9-7-6-8-10-16/h6-10,14-15,17,20H,11-13H2,1-5H3,(H,21,23)/t15-,17-/m0/s1. The molecule has 2 atom stereocenters. The third kappa shape index (κ3) is 7.23. The van der Waals surface area contributed by atoms with Crippen molar-refractivity contribution in [3.05, 3.63) is 35.9 Å². The zero-order valence-electron chi connectivity index (χ0n) is 15.9. The summed E-state index contributed by atoms with van der Waals surface area (Å²) < 4.78 is 5.63. The molecule has 1 aromatic carbocycles. The quantitative estimate of drug-likeness (QED) is 0.627. The van der Waals surface area contributed by atoms with Gasteiger partial charge >= 0.3 is 0 Å². The second-order valence-electron chi connectivity index (χ2n) is 6.54. The lowest BCUT2D eigenvalue weighted by Gasteiger charge is -2.28. The van der Waals surface area contributed by atoms with Crippen molar-refractivity contribution >= 4 is 11.8 Å². The SMILES string of the molecule is CN[C@@H](C)C(=O)N[C@H](C(=O)N(C)CCOCc1ccccc1)C(C)C. The van der Waals surface area contributed by atoms with E-state index in [2.05, 4.69) is 10.6 Å². The molecular weight excluding hydrogens is 318 g/mol. The Balaban J connectivity index is 2.46. The first-order valence-corrected chi connectivity index (χ1v) is 8.71. The fourth-order valence-electron chi connectivity index (χ4n) is 2.24. The van der Waals surface area contributed by atoms with Crippen molar-refractivity contribution in [2.75, 3.05) is 27.2 Å². The van der Waals surface area contributed by atoms with Crippen LogP contribution in [0.25, 0.3) is 0 Å². The number of nitrogens with zero attached hydrogens (tertiary/aromatic N) is 1. The van der Waals surface area contributed by atoms with E-state index in [4.69, 9.17) is 4.74 Å². The van der Waals surface area contributed by atoms with Crippen LogP contribution in [0.2, 0.25) is 0 Å². The van der Waals surface area contributed by atoms with Crippen molar-refractivity contribution < 1.29 is 14.3 Å². The largest absolute Gasteiger partial charge is 0.375 e. The van der Waals surface area contributed by atoms with Crippen LogP contribution < -0.4 is 10.6 Å². The predicted octanol–water partition coefficient (Wildman–Crippen LogP) is 1.41. The van der Waals surface area contributed by atoms with Crippen LogP contribution in [0.1, 0.15) is 26.3 Å². The average molecular weight is 349 g/mol. The zero-order valence-corrected chi connectivity index (χ0v) is 15.9. The minimum absolute atomic E-state index is 0.00759. The third-order valence-corrected chi connectivity index (χ3v) is 4.12. The molecule has 1 rings (SSSR count). The van der Waals surface area contributed by atoms with Crippen LogP contribution >= 0.6 is 0 Å². The van der Waals surface area contributed by atoms with E-state index < -0.39 is 6.04 Å². The van der Waals surface area contributed by atoms with E-state index in [0.717, 1.165) is 5.56 Å². The molecule has 25 heavy (non-hydrogen) atoms. The number of carbonyl (C=O) groups excluding carboxylic acids is 2. The van der Waals surface area contributed by atoms with Gasteiger partial charge in [0.2, 0.25) is 11.8 Å². The summed E-state index contributed by atoms with van der Waals surface area (Å²) in [6.45, 7) is 7.06. The maximum absolute atomic E-state index is 12.6. The molecule has 140 valence electrons. The van der Waals surface area contributed by atoms with Crippen LogP contribution in [0.5, 0.6) is 0 Å². The first-order valence-electron chi connectivity index (χ1n) is 8.71. The molecule has 0 aliphatic rings. The van der Waals surface area contributed by atoms with Gasteiger partial charge in [-0.3, -0.25) is 9.59 Å². The Kier molecular flexibility index (Phi) is 9.16. The molecule has 0 radical (unpaired) electrons. The summed E-state index contributed by atoms with van der Waals surface area (Å²) in [5.41, 5.74) is 1.10. The zero-order chi connectivity index (χ0) is 18.8. The molecule has 0 aromatic heterocycles. The molecule has 0 saturated carbocycles. The van der Waals surface area contributed by atoms with Gasteiger partial charge in [-0.2, -0.15) is 0 Å². The highest BCUT2D eigenvalue weighted by Gasteiger charge is 2.28. The van der Waals surface area contributed by atoms with Crippen LogP contribution in [0.15, 0.2) is 30.3 Å². The summed E-state index contributed by atoms with van der Waals surface area (Å²) in [6, 6.07) is 9.03. The molecule has 0 fully saturated rings. The molecule has 0 aliphatic heterocycles. The number of likely N-dealkylation sites (N-methyl/N-ethyl adjacent to an activating group) is 2. The Labute approximate surface area is 150 Å². The fourth-order valence-corrected chi connectivity index (χ4v) is 2.24. The smallest absolute Gasteiger partial charge is 0.245 e. The van der Waals surface area contributed by atoms with Crippen LogP contribution in [0.3, 0.4) is 0 Å². The van der Waals surface area contributed by atoms with E-state index in [1.54, 1.807) is 25.9 Å². The maximum Gasteiger partial charge on any atom is 0.245 e. The predicted molar refractivity (Wildman–Crippen MR) is 99.0 cm³/mol. The third-order valence-electron chi connectivity index (χ3n) is 4.12. The van der Waals surface area contributed by atoms with E-state index >= 15 is 0 Å². The molecule has 6 heteroatoms. The number of hydrogen-bond acceptors (Lipinski definition) is 4. The molecular formula is C19H31N3O3. The van der Waals surface area contributed by atoms with Crippen molar-refractivity contribution in [3.8, 4) is 0 Å². The molecule has 0 heterocycles. The van der Waals surface area contributed by atoms with Crippen LogP contribution in [0, 0.1) is 5.92 Å². The number of benzene rings is 1. The minimum Gasteiger partial charge on any atom is -0.375 e. The highest BCUT2D eigenvalue weighted by molar-refractivity contribution is 5.89. The van der Waals surface area contributed by atoms with Crippen LogP contribution in [0.4, 0.5) is 0 Å². The number of nitrogens with one attached hydrogen (secondary N) is 2. The van der Waals surface area contributed by atoms with Gasteiger partial charge in [0, 0.05) is 13.6 Å². The van der Waals surface area contributed by atoms with Crippen LogP contribution in [-0.4, -0.2) is 56.0 Å². The summed E-state index contributed by atoms with van der Waals surface area (Å²) in [7, 11) is 3.45. The first kappa shape index (κ1) is 21.1. The summed E-state index contributed by atoms with van der Waals surface area (Å²) in [5, 5.41) is 5.71. The first-order chi connectivity index (χ1) is 11.9. The highest BCUT2D eigenvalue weighted by Crippen LogP contribution is 2.06. The highest BCUT2D eigenvalue weighted by atomic mass is 16.5. The topological polar surface area (TPSA) is 70.7 Å². The van der Waals surface area contributed by atoms with Crippen molar-refractivity contribution in [3.63, 3.8) is 0 Å². The van der Waals surface area contributed by atoms with Crippen molar-refractivity contribution in [2.45, 2.75) is 39.5 Å². The lowest BCUT2D eigenvalue weighted by molar-refractivity contribution is -0.137. The fraction of sp³-hybridized carbons (Fsp3) is 0.579. The Morgan fingerprint density at radius 2 is 1.80 bits per heavy atom.